The minimum atomic E-state index is -0.186. The van der Waals surface area contributed by atoms with Gasteiger partial charge in [0.1, 0.15) is 23.1 Å². The first-order valence-electron chi connectivity index (χ1n) is 7.97. The fourth-order valence-corrected chi connectivity index (χ4v) is 3.54. The lowest BCUT2D eigenvalue weighted by Crippen LogP contribution is -2.22. The summed E-state index contributed by atoms with van der Waals surface area (Å²) >= 11 is 13.6. The predicted octanol–water partition coefficient (Wildman–Crippen LogP) is 5.45. The van der Waals surface area contributed by atoms with Crippen molar-refractivity contribution in [2.45, 2.75) is 13.5 Å². The molecule has 0 saturated heterocycles. The molecule has 1 amide bonds. The van der Waals surface area contributed by atoms with E-state index in [1.807, 2.05) is 43.3 Å². The monoisotopic (exact) mass is 406 g/mol. The summed E-state index contributed by atoms with van der Waals surface area (Å²) in [5.74, 6) is 0.475. The van der Waals surface area contributed by atoms with Crippen LogP contribution >= 0.6 is 34.5 Å². The molecule has 0 spiro atoms. The van der Waals surface area contributed by atoms with Crippen molar-refractivity contribution < 1.29 is 9.53 Å². The van der Waals surface area contributed by atoms with Crippen LogP contribution in [0.25, 0.3) is 10.6 Å². The van der Waals surface area contributed by atoms with E-state index >= 15 is 0 Å². The van der Waals surface area contributed by atoms with Crippen molar-refractivity contribution in [3.8, 4) is 16.3 Å². The Morgan fingerprint density at radius 3 is 2.65 bits per heavy atom. The molecule has 0 aliphatic carbocycles. The fourth-order valence-electron chi connectivity index (χ4n) is 2.26. The van der Waals surface area contributed by atoms with Crippen molar-refractivity contribution in [1.82, 2.24) is 10.3 Å². The summed E-state index contributed by atoms with van der Waals surface area (Å²) in [4.78, 5) is 16.2. The number of hydrogen-bond acceptors (Lipinski definition) is 4. The molecule has 0 bridgehead atoms. The lowest BCUT2D eigenvalue weighted by atomic mass is 10.2. The zero-order chi connectivity index (χ0) is 18.5. The number of amides is 1. The number of halogens is 2. The smallest absolute Gasteiger partial charge is 0.270 e. The van der Waals surface area contributed by atoms with Gasteiger partial charge in [0.15, 0.2) is 0 Å². The molecule has 0 aliphatic rings. The Kier molecular flexibility index (Phi) is 6.14. The highest BCUT2D eigenvalue weighted by molar-refractivity contribution is 7.13. The van der Waals surface area contributed by atoms with E-state index in [0.29, 0.717) is 39.6 Å². The van der Waals surface area contributed by atoms with E-state index in [-0.39, 0.29) is 5.91 Å². The number of nitrogens with one attached hydrogen (secondary N) is 1. The lowest BCUT2D eigenvalue weighted by molar-refractivity contribution is 0.0951. The Morgan fingerprint density at radius 1 is 1.19 bits per heavy atom. The van der Waals surface area contributed by atoms with Gasteiger partial charge < -0.3 is 10.1 Å². The molecule has 4 nitrogen and oxygen atoms in total. The number of carbonyl (C=O) groups excluding carboxylic acids is 1. The summed E-state index contributed by atoms with van der Waals surface area (Å²) < 4.78 is 5.77. The quantitative estimate of drug-likeness (QED) is 0.592. The highest BCUT2D eigenvalue weighted by Gasteiger charge is 2.13. The zero-order valence-electron chi connectivity index (χ0n) is 14.0. The summed E-state index contributed by atoms with van der Waals surface area (Å²) in [6.45, 7) is 2.85. The van der Waals surface area contributed by atoms with E-state index in [1.165, 1.54) is 11.3 Å². The molecule has 0 fully saturated rings. The average Bonchev–Trinajstić information content (AvgIpc) is 3.11. The van der Waals surface area contributed by atoms with E-state index in [2.05, 4.69) is 10.3 Å². The van der Waals surface area contributed by atoms with Gasteiger partial charge in [-0.25, -0.2) is 4.98 Å². The number of aromatic nitrogens is 1. The minimum absolute atomic E-state index is 0.186. The van der Waals surface area contributed by atoms with Crippen LogP contribution in [-0.2, 0) is 6.61 Å². The molecule has 0 atom stereocenters. The maximum absolute atomic E-state index is 11.8. The van der Waals surface area contributed by atoms with Gasteiger partial charge >= 0.3 is 0 Å². The van der Waals surface area contributed by atoms with Crippen LogP contribution in [-0.4, -0.2) is 17.4 Å². The van der Waals surface area contributed by atoms with Crippen LogP contribution in [0, 0.1) is 0 Å². The predicted molar refractivity (Wildman–Crippen MR) is 106 cm³/mol. The van der Waals surface area contributed by atoms with Crippen LogP contribution in [0.1, 0.15) is 23.0 Å². The van der Waals surface area contributed by atoms with Crippen LogP contribution in [0.5, 0.6) is 5.75 Å². The maximum Gasteiger partial charge on any atom is 0.270 e. The third-order valence-electron chi connectivity index (χ3n) is 3.56. The molecule has 1 N–H and O–H groups in total. The third-order valence-corrected chi connectivity index (χ3v) is 5.00. The number of rotatable bonds is 6. The molecular weight excluding hydrogens is 391 g/mol. The zero-order valence-corrected chi connectivity index (χ0v) is 16.3. The minimum Gasteiger partial charge on any atom is -0.489 e. The van der Waals surface area contributed by atoms with Gasteiger partial charge in [0.05, 0.1) is 5.02 Å². The SMILES string of the molecule is CCNC(=O)c1csc(-c2ccc(OCc3ccc(Cl)cc3)cc2Cl)n1. The van der Waals surface area contributed by atoms with Gasteiger partial charge in [0.25, 0.3) is 5.91 Å². The first-order valence-corrected chi connectivity index (χ1v) is 9.61. The van der Waals surface area contributed by atoms with Gasteiger partial charge in [0, 0.05) is 22.5 Å². The molecule has 26 heavy (non-hydrogen) atoms. The van der Waals surface area contributed by atoms with Crippen LogP contribution in [0.15, 0.2) is 47.8 Å². The lowest BCUT2D eigenvalue weighted by Gasteiger charge is -2.08. The topological polar surface area (TPSA) is 51.2 Å². The second kappa shape index (κ2) is 8.54. The van der Waals surface area contributed by atoms with Crippen LogP contribution < -0.4 is 10.1 Å². The van der Waals surface area contributed by atoms with Crippen molar-refractivity contribution in [3.05, 3.63) is 69.1 Å². The molecule has 0 aliphatic heterocycles. The number of carbonyl (C=O) groups is 1. The molecule has 0 saturated carbocycles. The van der Waals surface area contributed by atoms with Gasteiger partial charge in [0.2, 0.25) is 0 Å². The highest BCUT2D eigenvalue weighted by atomic mass is 35.5. The Balaban J connectivity index is 1.71. The highest BCUT2D eigenvalue weighted by Crippen LogP contribution is 2.33. The molecule has 3 aromatic rings. The maximum atomic E-state index is 11.8. The van der Waals surface area contributed by atoms with E-state index in [1.54, 1.807) is 11.4 Å². The van der Waals surface area contributed by atoms with E-state index in [0.717, 1.165) is 11.1 Å². The fraction of sp³-hybridized carbons (Fsp3) is 0.158. The number of ether oxygens (including phenoxy) is 1. The summed E-state index contributed by atoms with van der Waals surface area (Å²) in [7, 11) is 0. The number of hydrogen-bond donors (Lipinski definition) is 1. The number of benzene rings is 2. The average molecular weight is 407 g/mol. The summed E-state index contributed by atoms with van der Waals surface area (Å²) in [6, 6.07) is 12.9. The standard InChI is InChI=1S/C19H16Cl2N2O2S/c1-2-22-18(24)17-11-26-19(23-17)15-8-7-14(9-16(15)21)25-10-12-3-5-13(20)6-4-12/h3-9,11H,2,10H2,1H3,(H,22,24). The summed E-state index contributed by atoms with van der Waals surface area (Å²) in [6.07, 6.45) is 0. The van der Waals surface area contributed by atoms with Crippen molar-refractivity contribution in [2.75, 3.05) is 6.54 Å². The molecular formula is C19H16Cl2N2O2S. The Hall–Kier alpha value is -2.08. The van der Waals surface area contributed by atoms with Gasteiger partial charge in [-0.3, -0.25) is 4.79 Å². The van der Waals surface area contributed by atoms with Gasteiger partial charge in [-0.2, -0.15) is 0 Å². The molecule has 7 heteroatoms. The summed E-state index contributed by atoms with van der Waals surface area (Å²) in [5.41, 5.74) is 2.18. The normalized spacial score (nSPS) is 10.6. The summed E-state index contributed by atoms with van der Waals surface area (Å²) in [5, 5.41) is 6.36. The Morgan fingerprint density at radius 2 is 1.96 bits per heavy atom. The Bertz CT molecular complexity index is 910. The van der Waals surface area contributed by atoms with E-state index in [9.17, 15) is 4.79 Å². The van der Waals surface area contributed by atoms with E-state index in [4.69, 9.17) is 27.9 Å². The first-order chi connectivity index (χ1) is 12.6. The van der Waals surface area contributed by atoms with Gasteiger partial charge in [-0.15, -0.1) is 11.3 Å². The van der Waals surface area contributed by atoms with Crippen molar-refractivity contribution >= 4 is 40.4 Å². The third kappa shape index (κ3) is 4.55. The first kappa shape index (κ1) is 18.7. The molecule has 1 aromatic heterocycles. The van der Waals surface area contributed by atoms with Crippen LogP contribution in [0.4, 0.5) is 0 Å². The van der Waals surface area contributed by atoms with Crippen LogP contribution in [0.3, 0.4) is 0 Å². The molecule has 0 unspecified atom stereocenters. The largest absolute Gasteiger partial charge is 0.489 e. The Labute approximate surface area is 165 Å². The van der Waals surface area contributed by atoms with Gasteiger partial charge in [-0.05, 0) is 42.8 Å². The molecule has 3 rings (SSSR count). The second-order valence-corrected chi connectivity index (χ2v) is 7.16. The second-order valence-electron chi connectivity index (χ2n) is 5.45. The molecule has 2 aromatic carbocycles. The van der Waals surface area contributed by atoms with Crippen molar-refractivity contribution in [1.29, 1.82) is 0 Å². The molecule has 0 radical (unpaired) electrons. The number of nitrogens with zero attached hydrogens (tertiary/aromatic N) is 1. The van der Waals surface area contributed by atoms with Crippen LogP contribution in [0.2, 0.25) is 10.0 Å². The van der Waals surface area contributed by atoms with E-state index < -0.39 is 0 Å². The molecule has 134 valence electrons. The van der Waals surface area contributed by atoms with Crippen molar-refractivity contribution in [2.24, 2.45) is 0 Å². The van der Waals surface area contributed by atoms with Gasteiger partial charge in [-0.1, -0.05) is 35.3 Å². The molecule has 1 heterocycles. The van der Waals surface area contributed by atoms with Crippen molar-refractivity contribution in [3.63, 3.8) is 0 Å². The number of thiazole rings is 1.